The molecule has 1 aliphatic rings. The van der Waals surface area contributed by atoms with Crippen molar-refractivity contribution in [2.45, 2.75) is 40.2 Å². The fraction of sp³-hybridized carbons (Fsp3) is 0.348. The van der Waals surface area contributed by atoms with Crippen molar-refractivity contribution >= 4 is 17.8 Å². The molecule has 0 radical (unpaired) electrons. The van der Waals surface area contributed by atoms with Crippen molar-refractivity contribution in [1.82, 2.24) is 4.57 Å². The van der Waals surface area contributed by atoms with E-state index in [1.165, 1.54) is 18.5 Å². The molecule has 7 heteroatoms. The number of benzene rings is 1. The fourth-order valence-electron chi connectivity index (χ4n) is 4.03. The van der Waals surface area contributed by atoms with Gasteiger partial charge in [0.2, 0.25) is 0 Å². The second kappa shape index (κ2) is 7.48. The molecule has 30 heavy (non-hydrogen) atoms. The number of nitrogens with zero attached hydrogens (tertiary/aromatic N) is 1. The third kappa shape index (κ3) is 3.51. The van der Waals surface area contributed by atoms with Crippen molar-refractivity contribution in [3.63, 3.8) is 0 Å². The van der Waals surface area contributed by atoms with Gasteiger partial charge < -0.3 is 25.6 Å². The Bertz CT molecular complexity index is 1130. The van der Waals surface area contributed by atoms with E-state index in [0.717, 1.165) is 16.7 Å². The zero-order chi connectivity index (χ0) is 22.4. The van der Waals surface area contributed by atoms with E-state index >= 15 is 0 Å². The average molecular weight is 409 g/mol. The molecule has 0 fully saturated rings. The quantitative estimate of drug-likeness (QED) is 0.665. The van der Waals surface area contributed by atoms with E-state index in [-0.39, 0.29) is 17.0 Å². The topological polar surface area (TPSA) is 118 Å². The highest BCUT2D eigenvalue weighted by atomic mass is 16.5. The Labute approximate surface area is 175 Å². The van der Waals surface area contributed by atoms with Gasteiger partial charge in [0.15, 0.2) is 5.43 Å². The van der Waals surface area contributed by atoms with E-state index in [2.05, 4.69) is 20.8 Å². The van der Waals surface area contributed by atoms with Gasteiger partial charge in [-0.3, -0.25) is 4.79 Å². The molecule has 0 aliphatic carbocycles. The number of hydrogen-bond donors (Lipinski definition) is 3. The molecule has 0 saturated carbocycles. The van der Waals surface area contributed by atoms with Gasteiger partial charge in [0.05, 0.1) is 12.8 Å². The van der Waals surface area contributed by atoms with Gasteiger partial charge in [-0.15, -0.1) is 0 Å². The molecule has 0 bridgehead atoms. The molecule has 0 saturated heterocycles. The Kier molecular flexibility index (Phi) is 5.33. The number of allylic oxidation sites excluding steroid dienone is 2. The van der Waals surface area contributed by atoms with Crippen LogP contribution in [-0.2, 0) is 6.42 Å². The summed E-state index contributed by atoms with van der Waals surface area (Å²) in [6, 6.07) is 5.12. The number of nitrogens with one attached hydrogen (secondary N) is 1. The minimum Gasteiger partial charge on any atom is -0.496 e. The molecule has 1 aromatic heterocycles. The van der Waals surface area contributed by atoms with Crippen molar-refractivity contribution in [2.24, 2.45) is 11.1 Å². The molecule has 2 aromatic rings. The second-order valence-electron chi connectivity index (χ2n) is 8.69. The van der Waals surface area contributed by atoms with Crippen LogP contribution >= 0.6 is 0 Å². The Hall–Kier alpha value is -3.35. The first kappa shape index (κ1) is 21.4. The zero-order valence-electron chi connectivity index (χ0n) is 17.9. The fourth-order valence-corrected chi connectivity index (χ4v) is 4.03. The van der Waals surface area contributed by atoms with Gasteiger partial charge >= 0.3 is 5.97 Å². The second-order valence-corrected chi connectivity index (χ2v) is 8.69. The smallest absolute Gasteiger partial charge is 0.341 e. The van der Waals surface area contributed by atoms with E-state index in [0.29, 0.717) is 29.1 Å². The molecular weight excluding hydrogens is 382 g/mol. The van der Waals surface area contributed by atoms with Crippen molar-refractivity contribution in [3.8, 4) is 17.0 Å². The van der Waals surface area contributed by atoms with Gasteiger partial charge in [-0.25, -0.2) is 4.79 Å². The monoisotopic (exact) mass is 409 g/mol. The van der Waals surface area contributed by atoms with Crippen LogP contribution in [-0.4, -0.2) is 29.0 Å². The predicted molar refractivity (Wildman–Crippen MR) is 117 cm³/mol. The standard InChI is InChI=1S/C23H27N3O4/c1-12(25)16(10-24)15-6-13-7-21(23(2,3)4)26-11-17(22(28)29)19(27)9-18(26)14(13)8-20(15)30-5/h6,8-11,21,24H,7,25H2,1-5H3,(H,28,29). The summed E-state index contributed by atoms with van der Waals surface area (Å²) >= 11 is 0. The molecule has 0 spiro atoms. The zero-order valence-corrected chi connectivity index (χ0v) is 17.9. The molecule has 158 valence electrons. The van der Waals surface area contributed by atoms with Crippen LogP contribution in [0.2, 0.25) is 0 Å². The van der Waals surface area contributed by atoms with E-state index < -0.39 is 11.4 Å². The van der Waals surface area contributed by atoms with Gasteiger partial charge in [-0.2, -0.15) is 0 Å². The van der Waals surface area contributed by atoms with Gasteiger partial charge in [-0.1, -0.05) is 20.8 Å². The van der Waals surface area contributed by atoms with Gasteiger partial charge in [0.1, 0.15) is 11.3 Å². The van der Waals surface area contributed by atoms with Crippen molar-refractivity contribution in [1.29, 1.82) is 5.41 Å². The van der Waals surface area contributed by atoms with Crippen LogP contribution in [0.15, 0.2) is 34.9 Å². The Morgan fingerprint density at radius 1 is 1.30 bits per heavy atom. The average Bonchev–Trinajstić information content (AvgIpc) is 2.65. The lowest BCUT2D eigenvalue weighted by Gasteiger charge is -2.39. The maximum Gasteiger partial charge on any atom is 0.341 e. The summed E-state index contributed by atoms with van der Waals surface area (Å²) in [5.41, 5.74) is 9.28. The number of methoxy groups -OCH3 is 1. The summed E-state index contributed by atoms with van der Waals surface area (Å²) in [4.78, 5) is 24.0. The molecule has 4 N–H and O–H groups in total. The molecule has 1 unspecified atom stereocenters. The van der Waals surface area contributed by atoms with Gasteiger partial charge in [0, 0.05) is 46.9 Å². The lowest BCUT2D eigenvalue weighted by Crippen LogP contribution is -2.33. The summed E-state index contributed by atoms with van der Waals surface area (Å²) in [7, 11) is 1.54. The summed E-state index contributed by atoms with van der Waals surface area (Å²) < 4.78 is 7.47. The minimum atomic E-state index is -1.24. The highest BCUT2D eigenvalue weighted by Gasteiger charge is 2.34. The Balaban J connectivity index is 2.38. The number of rotatable bonds is 4. The number of ether oxygens (including phenoxy) is 1. The summed E-state index contributed by atoms with van der Waals surface area (Å²) in [6.45, 7) is 7.99. The van der Waals surface area contributed by atoms with Crippen LogP contribution in [0.4, 0.5) is 0 Å². The molecular formula is C23H27N3O4. The molecule has 7 nitrogen and oxygen atoms in total. The predicted octanol–water partition coefficient (Wildman–Crippen LogP) is 3.70. The van der Waals surface area contributed by atoms with E-state index in [1.807, 2.05) is 16.7 Å². The highest BCUT2D eigenvalue weighted by molar-refractivity contribution is 6.10. The number of aromatic nitrogens is 1. The third-order valence-electron chi connectivity index (χ3n) is 5.62. The van der Waals surface area contributed by atoms with Crippen LogP contribution in [0.1, 0.15) is 55.2 Å². The Morgan fingerprint density at radius 3 is 2.47 bits per heavy atom. The molecule has 1 atom stereocenters. The number of carboxylic acid groups (broad SMARTS) is 1. The number of hydrogen-bond acceptors (Lipinski definition) is 5. The summed E-state index contributed by atoms with van der Waals surface area (Å²) in [5, 5.41) is 17.2. The summed E-state index contributed by atoms with van der Waals surface area (Å²) in [6.07, 6.45) is 3.30. The molecule has 1 aliphatic heterocycles. The van der Waals surface area contributed by atoms with Crippen molar-refractivity contribution < 1.29 is 14.6 Å². The van der Waals surface area contributed by atoms with E-state index in [9.17, 15) is 14.7 Å². The van der Waals surface area contributed by atoms with Crippen LogP contribution < -0.4 is 15.9 Å². The van der Waals surface area contributed by atoms with Crippen LogP contribution in [0.5, 0.6) is 5.75 Å². The molecule has 3 rings (SSSR count). The Morgan fingerprint density at radius 2 is 1.97 bits per heavy atom. The lowest BCUT2D eigenvalue weighted by atomic mass is 9.78. The maximum absolute atomic E-state index is 12.5. The lowest BCUT2D eigenvalue weighted by molar-refractivity contribution is 0.0693. The number of fused-ring (bicyclic) bond motifs is 3. The van der Waals surface area contributed by atoms with Crippen molar-refractivity contribution in [3.05, 3.63) is 57.0 Å². The van der Waals surface area contributed by atoms with Crippen LogP contribution in [0.25, 0.3) is 16.8 Å². The van der Waals surface area contributed by atoms with Crippen LogP contribution in [0.3, 0.4) is 0 Å². The first-order valence-corrected chi connectivity index (χ1v) is 9.67. The largest absolute Gasteiger partial charge is 0.496 e. The van der Waals surface area contributed by atoms with Crippen molar-refractivity contribution in [2.75, 3.05) is 7.11 Å². The SMILES string of the molecule is COc1cc2c(cc1C(C=N)=C(C)N)CC(C(C)(C)C)n1cc(C(=O)O)c(=O)cc1-2. The number of pyridine rings is 1. The maximum atomic E-state index is 12.5. The number of aromatic carboxylic acids is 1. The number of carboxylic acids is 1. The number of nitrogens with two attached hydrogens (primary N) is 1. The normalized spacial score (nSPS) is 16.2. The van der Waals surface area contributed by atoms with Crippen LogP contribution in [0, 0.1) is 10.8 Å². The van der Waals surface area contributed by atoms with Gasteiger partial charge in [-0.05, 0) is 36.5 Å². The molecule has 1 aromatic carbocycles. The molecule has 0 amide bonds. The first-order valence-electron chi connectivity index (χ1n) is 9.67. The van der Waals surface area contributed by atoms with Gasteiger partial charge in [0.25, 0.3) is 0 Å². The molecule has 2 heterocycles. The third-order valence-corrected chi connectivity index (χ3v) is 5.62. The number of carbonyl (C=O) groups is 1. The van der Waals surface area contributed by atoms with E-state index in [1.54, 1.807) is 14.0 Å². The minimum absolute atomic E-state index is 0.0636. The van der Waals surface area contributed by atoms with E-state index in [4.69, 9.17) is 15.9 Å². The summed E-state index contributed by atoms with van der Waals surface area (Å²) in [5.74, 6) is -0.701. The first-order chi connectivity index (χ1) is 14.0. The highest BCUT2D eigenvalue weighted by Crippen LogP contribution is 2.45.